The Bertz CT molecular complexity index is 1170. The molecule has 0 bridgehead atoms. The van der Waals surface area contributed by atoms with Gasteiger partial charge in [-0.15, -0.1) is 0 Å². The number of thioether (sulfide) groups is 1. The molecule has 1 aliphatic heterocycles. The second-order valence-electron chi connectivity index (χ2n) is 6.83. The second-order valence-corrected chi connectivity index (χ2v) is 9.14. The Balaban J connectivity index is 1.73. The zero-order chi connectivity index (χ0) is 24.1. The molecule has 0 saturated carbocycles. The molecule has 2 aromatic carbocycles. The summed E-state index contributed by atoms with van der Waals surface area (Å²) in [6.45, 7) is 1.09. The molecule has 0 radical (unpaired) electrons. The molecule has 1 heterocycles. The molecule has 8 nitrogen and oxygen atoms in total. The molecule has 1 fully saturated rings. The highest BCUT2D eigenvalue weighted by atomic mass is 79.9. The lowest BCUT2D eigenvalue weighted by atomic mass is 10.2. The van der Waals surface area contributed by atoms with Crippen molar-refractivity contribution >= 4 is 74.1 Å². The van der Waals surface area contributed by atoms with Crippen molar-refractivity contribution in [1.82, 2.24) is 4.90 Å². The number of esters is 1. The molecule has 0 atom stereocenters. The third kappa shape index (κ3) is 6.37. The van der Waals surface area contributed by atoms with Crippen molar-refractivity contribution in [2.45, 2.75) is 6.92 Å². The van der Waals surface area contributed by atoms with Crippen molar-refractivity contribution in [1.29, 1.82) is 0 Å². The summed E-state index contributed by atoms with van der Waals surface area (Å²) in [6.07, 6.45) is 1.47. The number of halogens is 2. The summed E-state index contributed by atoms with van der Waals surface area (Å²) < 4.78 is 10.9. The van der Waals surface area contributed by atoms with Gasteiger partial charge in [0.1, 0.15) is 12.3 Å². The van der Waals surface area contributed by atoms with Crippen molar-refractivity contribution in [2.75, 3.05) is 25.6 Å². The standard InChI is InChI=1S/C22H18BrClN2O6S/c1-12-3-5-15(9-16(12)24)25-19(27)11-32-17-6-4-14(23)7-13(17)8-18-21(29)26(22(30)33-18)10-20(28)31-2/h3-9H,10-11H2,1-2H3,(H,25,27)/b18-8-. The number of nitrogens with one attached hydrogen (secondary N) is 1. The molecule has 11 heteroatoms. The number of rotatable bonds is 7. The van der Waals surface area contributed by atoms with E-state index in [1.165, 1.54) is 13.2 Å². The molecule has 33 heavy (non-hydrogen) atoms. The van der Waals surface area contributed by atoms with Crippen LogP contribution < -0.4 is 10.1 Å². The Morgan fingerprint density at radius 2 is 1.97 bits per heavy atom. The van der Waals surface area contributed by atoms with Crippen LogP contribution in [0.5, 0.6) is 5.75 Å². The molecule has 1 saturated heterocycles. The van der Waals surface area contributed by atoms with E-state index in [9.17, 15) is 19.2 Å². The molecule has 0 spiro atoms. The highest BCUT2D eigenvalue weighted by Crippen LogP contribution is 2.34. The molecule has 3 rings (SSSR count). The molecule has 0 aliphatic carbocycles. The molecule has 2 aromatic rings. The van der Waals surface area contributed by atoms with Crippen LogP contribution in [0.3, 0.4) is 0 Å². The summed E-state index contributed by atoms with van der Waals surface area (Å²) in [5.74, 6) is -1.39. The summed E-state index contributed by atoms with van der Waals surface area (Å²) in [6, 6.07) is 10.2. The molecule has 0 aromatic heterocycles. The normalized spacial score (nSPS) is 14.5. The van der Waals surface area contributed by atoms with Gasteiger partial charge < -0.3 is 14.8 Å². The molecule has 3 amide bonds. The van der Waals surface area contributed by atoms with Crippen LogP contribution in [0.15, 0.2) is 45.8 Å². The fourth-order valence-electron chi connectivity index (χ4n) is 2.75. The predicted octanol–water partition coefficient (Wildman–Crippen LogP) is 4.64. The number of amides is 3. The minimum Gasteiger partial charge on any atom is -0.483 e. The zero-order valence-corrected chi connectivity index (χ0v) is 20.7. The van der Waals surface area contributed by atoms with Gasteiger partial charge in [0.15, 0.2) is 6.61 Å². The first-order valence-electron chi connectivity index (χ1n) is 9.48. The van der Waals surface area contributed by atoms with Crippen LogP contribution in [0.4, 0.5) is 10.5 Å². The van der Waals surface area contributed by atoms with Gasteiger partial charge in [0.25, 0.3) is 17.1 Å². The Labute approximate surface area is 207 Å². The molecular formula is C22H18BrClN2O6S. The van der Waals surface area contributed by atoms with Crippen LogP contribution in [0.1, 0.15) is 11.1 Å². The monoisotopic (exact) mass is 552 g/mol. The Morgan fingerprint density at radius 1 is 1.21 bits per heavy atom. The first kappa shape index (κ1) is 24.8. The van der Waals surface area contributed by atoms with Gasteiger partial charge in [0, 0.05) is 20.7 Å². The van der Waals surface area contributed by atoms with E-state index in [-0.39, 0.29) is 11.5 Å². The smallest absolute Gasteiger partial charge is 0.325 e. The lowest BCUT2D eigenvalue weighted by Crippen LogP contribution is -2.34. The van der Waals surface area contributed by atoms with E-state index in [1.807, 2.05) is 6.92 Å². The predicted molar refractivity (Wildman–Crippen MR) is 129 cm³/mol. The number of nitrogens with zero attached hydrogens (tertiary/aromatic N) is 1. The van der Waals surface area contributed by atoms with Gasteiger partial charge in [-0.3, -0.25) is 24.1 Å². The number of anilines is 1. The summed E-state index contributed by atoms with van der Waals surface area (Å²) in [5.41, 5.74) is 1.90. The van der Waals surface area contributed by atoms with E-state index < -0.39 is 29.6 Å². The fraction of sp³-hybridized carbons (Fsp3) is 0.182. The maximum Gasteiger partial charge on any atom is 0.325 e. The number of aryl methyl sites for hydroxylation is 1. The van der Waals surface area contributed by atoms with Crippen molar-refractivity contribution in [3.8, 4) is 5.75 Å². The number of ether oxygens (including phenoxy) is 2. The van der Waals surface area contributed by atoms with Crippen LogP contribution in [0.25, 0.3) is 6.08 Å². The average Bonchev–Trinajstić information content (AvgIpc) is 3.03. The highest BCUT2D eigenvalue weighted by Gasteiger charge is 2.36. The van der Waals surface area contributed by atoms with Crippen LogP contribution in [0, 0.1) is 6.92 Å². The van der Waals surface area contributed by atoms with Crippen molar-refractivity contribution in [3.05, 3.63) is 61.9 Å². The Kier molecular flexibility index (Phi) is 8.17. The average molecular weight is 554 g/mol. The SMILES string of the molecule is COC(=O)CN1C(=O)S/C(=C\c2cc(Br)ccc2OCC(=O)Nc2ccc(C)c(Cl)c2)C1=O. The van der Waals surface area contributed by atoms with Crippen molar-refractivity contribution < 1.29 is 28.7 Å². The molecular weight excluding hydrogens is 536 g/mol. The van der Waals surface area contributed by atoms with Gasteiger partial charge in [-0.2, -0.15) is 0 Å². The lowest BCUT2D eigenvalue weighted by molar-refractivity contribution is -0.143. The van der Waals surface area contributed by atoms with Crippen LogP contribution in [0.2, 0.25) is 5.02 Å². The maximum atomic E-state index is 12.6. The first-order chi connectivity index (χ1) is 15.7. The molecule has 0 unspecified atom stereocenters. The highest BCUT2D eigenvalue weighted by molar-refractivity contribution is 9.10. The second kappa shape index (κ2) is 10.9. The third-order valence-electron chi connectivity index (χ3n) is 4.46. The van der Waals surface area contributed by atoms with Gasteiger partial charge in [-0.1, -0.05) is 33.6 Å². The number of carbonyl (C=O) groups excluding carboxylic acids is 4. The quantitative estimate of drug-likeness (QED) is 0.394. The van der Waals surface area contributed by atoms with Crippen LogP contribution in [-0.2, 0) is 19.1 Å². The lowest BCUT2D eigenvalue weighted by Gasteiger charge is -2.12. The van der Waals surface area contributed by atoms with E-state index in [0.717, 1.165) is 10.5 Å². The third-order valence-corrected chi connectivity index (χ3v) is 6.27. The minimum atomic E-state index is -0.703. The Hall–Kier alpha value is -2.82. The number of carbonyl (C=O) groups is 4. The van der Waals surface area contributed by atoms with Crippen LogP contribution >= 0.6 is 39.3 Å². The van der Waals surface area contributed by atoms with Crippen molar-refractivity contribution in [2.24, 2.45) is 0 Å². The summed E-state index contributed by atoms with van der Waals surface area (Å²) in [7, 11) is 1.17. The zero-order valence-electron chi connectivity index (χ0n) is 17.5. The summed E-state index contributed by atoms with van der Waals surface area (Å²) in [5, 5.41) is 2.65. The fourth-order valence-corrected chi connectivity index (χ4v) is 4.13. The topological polar surface area (TPSA) is 102 Å². The number of methoxy groups -OCH3 is 1. The number of imide groups is 1. The largest absolute Gasteiger partial charge is 0.483 e. The number of benzene rings is 2. The van der Waals surface area contributed by atoms with Gasteiger partial charge >= 0.3 is 5.97 Å². The number of hydrogen-bond donors (Lipinski definition) is 1. The van der Waals surface area contributed by atoms with Gasteiger partial charge in [0.05, 0.1) is 12.0 Å². The minimum absolute atomic E-state index is 0.116. The first-order valence-corrected chi connectivity index (χ1v) is 11.5. The maximum absolute atomic E-state index is 12.6. The number of hydrogen-bond acceptors (Lipinski definition) is 7. The van der Waals surface area contributed by atoms with Gasteiger partial charge in [0.2, 0.25) is 0 Å². The van der Waals surface area contributed by atoms with Crippen LogP contribution in [-0.4, -0.2) is 48.2 Å². The summed E-state index contributed by atoms with van der Waals surface area (Å²) >= 11 is 10.1. The molecule has 1 aliphatic rings. The van der Waals surface area contributed by atoms with E-state index in [0.29, 0.717) is 38.3 Å². The van der Waals surface area contributed by atoms with Gasteiger partial charge in [-0.05, 0) is 60.7 Å². The Morgan fingerprint density at radius 3 is 2.67 bits per heavy atom. The summed E-state index contributed by atoms with van der Waals surface area (Å²) in [4.78, 5) is 49.4. The molecule has 1 N–H and O–H groups in total. The van der Waals surface area contributed by atoms with Gasteiger partial charge in [-0.25, -0.2) is 0 Å². The van der Waals surface area contributed by atoms with E-state index >= 15 is 0 Å². The van der Waals surface area contributed by atoms with E-state index in [1.54, 1.807) is 36.4 Å². The van der Waals surface area contributed by atoms with E-state index in [2.05, 4.69) is 26.0 Å². The van der Waals surface area contributed by atoms with E-state index in [4.69, 9.17) is 16.3 Å². The molecule has 172 valence electrons. The van der Waals surface area contributed by atoms with Crippen molar-refractivity contribution in [3.63, 3.8) is 0 Å².